The predicted octanol–water partition coefficient (Wildman–Crippen LogP) is 2.50. The van der Waals surface area contributed by atoms with Gasteiger partial charge in [0, 0.05) is 31.1 Å². The number of amides is 1. The van der Waals surface area contributed by atoms with E-state index >= 15 is 0 Å². The summed E-state index contributed by atoms with van der Waals surface area (Å²) in [6, 6.07) is 7.62. The summed E-state index contributed by atoms with van der Waals surface area (Å²) in [6.45, 7) is 1.72. The van der Waals surface area contributed by atoms with Crippen molar-refractivity contribution in [3.05, 3.63) is 34.9 Å². The fraction of sp³-hybridized carbons (Fsp3) is 0.533. The van der Waals surface area contributed by atoms with Crippen molar-refractivity contribution in [3.63, 3.8) is 0 Å². The van der Waals surface area contributed by atoms with Gasteiger partial charge in [0.2, 0.25) is 5.91 Å². The molecule has 104 valence electrons. The molecule has 1 amide bonds. The molecule has 0 bridgehead atoms. The van der Waals surface area contributed by atoms with Gasteiger partial charge in [0.15, 0.2) is 0 Å². The standard InChI is InChI=1S/C15H20ClNO2/c16-14-6-3-12(4-7-14)5-8-15(19)17-9-1-2-13(10-17)11-18/h3-4,6-7,13,18H,1-2,5,8-11H2. The summed E-state index contributed by atoms with van der Waals surface area (Å²) in [6.07, 6.45) is 3.30. The fourth-order valence-electron chi connectivity index (χ4n) is 2.50. The molecule has 1 aromatic carbocycles. The Labute approximate surface area is 119 Å². The number of hydrogen-bond acceptors (Lipinski definition) is 2. The Bertz CT molecular complexity index is 419. The molecule has 1 atom stereocenters. The molecular weight excluding hydrogens is 262 g/mol. The zero-order valence-electron chi connectivity index (χ0n) is 11.0. The molecule has 1 aliphatic heterocycles. The van der Waals surface area contributed by atoms with Gasteiger partial charge in [-0.3, -0.25) is 4.79 Å². The van der Waals surface area contributed by atoms with Crippen LogP contribution in [0.5, 0.6) is 0 Å². The average Bonchev–Trinajstić information content (AvgIpc) is 2.46. The van der Waals surface area contributed by atoms with Gasteiger partial charge in [0.25, 0.3) is 0 Å². The van der Waals surface area contributed by atoms with Gasteiger partial charge in [0.1, 0.15) is 0 Å². The fourth-order valence-corrected chi connectivity index (χ4v) is 2.63. The number of nitrogens with zero attached hydrogens (tertiary/aromatic N) is 1. The normalized spacial score (nSPS) is 19.5. The lowest BCUT2D eigenvalue weighted by Gasteiger charge is -2.32. The van der Waals surface area contributed by atoms with Gasteiger partial charge in [-0.1, -0.05) is 23.7 Å². The van der Waals surface area contributed by atoms with Crippen molar-refractivity contribution in [3.8, 4) is 0 Å². The Hall–Kier alpha value is -1.06. The molecule has 0 saturated carbocycles. The van der Waals surface area contributed by atoms with E-state index in [2.05, 4.69) is 0 Å². The summed E-state index contributed by atoms with van der Waals surface area (Å²) < 4.78 is 0. The summed E-state index contributed by atoms with van der Waals surface area (Å²) >= 11 is 5.83. The van der Waals surface area contributed by atoms with Crippen LogP contribution in [0.4, 0.5) is 0 Å². The van der Waals surface area contributed by atoms with Crippen molar-refractivity contribution in [1.29, 1.82) is 0 Å². The lowest BCUT2D eigenvalue weighted by molar-refractivity contribution is -0.133. The Kier molecular flexibility index (Phi) is 5.23. The van der Waals surface area contributed by atoms with Crippen molar-refractivity contribution < 1.29 is 9.90 Å². The third kappa shape index (κ3) is 4.22. The highest BCUT2D eigenvalue weighted by Crippen LogP contribution is 2.17. The molecule has 1 N–H and O–H groups in total. The summed E-state index contributed by atoms with van der Waals surface area (Å²) in [5, 5.41) is 9.89. The first-order chi connectivity index (χ1) is 9.19. The van der Waals surface area contributed by atoms with Crippen LogP contribution in [0, 0.1) is 5.92 Å². The van der Waals surface area contributed by atoms with Crippen LogP contribution in [0.1, 0.15) is 24.8 Å². The second kappa shape index (κ2) is 6.92. The van der Waals surface area contributed by atoms with Crippen molar-refractivity contribution in [2.45, 2.75) is 25.7 Å². The van der Waals surface area contributed by atoms with Crippen molar-refractivity contribution in [1.82, 2.24) is 4.90 Å². The maximum atomic E-state index is 12.1. The molecular formula is C15H20ClNO2. The van der Waals surface area contributed by atoms with E-state index in [0.29, 0.717) is 13.0 Å². The van der Waals surface area contributed by atoms with Crippen LogP contribution in [0.25, 0.3) is 0 Å². The SMILES string of the molecule is O=C(CCc1ccc(Cl)cc1)N1CCCC(CO)C1. The number of aliphatic hydroxyl groups is 1. The highest BCUT2D eigenvalue weighted by molar-refractivity contribution is 6.30. The molecule has 1 heterocycles. The minimum Gasteiger partial charge on any atom is -0.396 e. The molecule has 1 unspecified atom stereocenters. The highest BCUT2D eigenvalue weighted by atomic mass is 35.5. The molecule has 0 spiro atoms. The van der Waals surface area contributed by atoms with Crippen molar-refractivity contribution in [2.24, 2.45) is 5.92 Å². The number of carbonyl (C=O) groups is 1. The maximum Gasteiger partial charge on any atom is 0.222 e. The van der Waals surface area contributed by atoms with E-state index < -0.39 is 0 Å². The van der Waals surface area contributed by atoms with Gasteiger partial charge in [-0.15, -0.1) is 0 Å². The Morgan fingerprint density at radius 3 is 2.79 bits per heavy atom. The van der Waals surface area contributed by atoms with Crippen LogP contribution in [-0.4, -0.2) is 35.6 Å². The largest absolute Gasteiger partial charge is 0.396 e. The number of likely N-dealkylation sites (tertiary alicyclic amines) is 1. The van der Waals surface area contributed by atoms with Crippen LogP contribution >= 0.6 is 11.6 Å². The smallest absolute Gasteiger partial charge is 0.222 e. The van der Waals surface area contributed by atoms with Gasteiger partial charge in [0.05, 0.1) is 0 Å². The van der Waals surface area contributed by atoms with Crippen molar-refractivity contribution in [2.75, 3.05) is 19.7 Å². The number of hydrogen-bond donors (Lipinski definition) is 1. The van der Waals surface area contributed by atoms with E-state index in [-0.39, 0.29) is 18.4 Å². The quantitative estimate of drug-likeness (QED) is 0.921. The Morgan fingerprint density at radius 1 is 1.37 bits per heavy atom. The monoisotopic (exact) mass is 281 g/mol. The first kappa shape index (κ1) is 14.4. The molecule has 0 aliphatic carbocycles. The van der Waals surface area contributed by atoms with E-state index in [0.717, 1.165) is 36.4 Å². The molecule has 3 nitrogen and oxygen atoms in total. The molecule has 1 fully saturated rings. The van der Waals surface area contributed by atoms with Crippen LogP contribution in [0.2, 0.25) is 5.02 Å². The maximum absolute atomic E-state index is 12.1. The molecule has 4 heteroatoms. The first-order valence-corrected chi connectivity index (χ1v) is 7.20. The zero-order valence-corrected chi connectivity index (χ0v) is 11.8. The number of aliphatic hydroxyl groups excluding tert-OH is 1. The van der Waals surface area contributed by atoms with Crippen LogP contribution in [0.15, 0.2) is 24.3 Å². The minimum absolute atomic E-state index is 0.182. The summed E-state index contributed by atoms with van der Waals surface area (Å²) in [5.41, 5.74) is 1.13. The first-order valence-electron chi connectivity index (χ1n) is 6.82. The van der Waals surface area contributed by atoms with Gasteiger partial charge in [-0.25, -0.2) is 0 Å². The van der Waals surface area contributed by atoms with E-state index in [4.69, 9.17) is 11.6 Å². The topological polar surface area (TPSA) is 40.5 Å². The molecule has 2 rings (SSSR count). The molecule has 19 heavy (non-hydrogen) atoms. The van der Waals surface area contributed by atoms with E-state index in [1.165, 1.54) is 0 Å². The predicted molar refractivity (Wildman–Crippen MR) is 76.2 cm³/mol. The van der Waals surface area contributed by atoms with E-state index in [1.54, 1.807) is 0 Å². The van der Waals surface area contributed by atoms with Gasteiger partial charge in [-0.05, 0) is 42.9 Å². The Morgan fingerprint density at radius 2 is 2.11 bits per heavy atom. The van der Waals surface area contributed by atoms with Crippen LogP contribution in [-0.2, 0) is 11.2 Å². The summed E-state index contributed by atoms with van der Waals surface area (Å²) in [7, 11) is 0. The third-order valence-corrected chi connectivity index (χ3v) is 3.92. The highest BCUT2D eigenvalue weighted by Gasteiger charge is 2.22. The van der Waals surface area contributed by atoms with Crippen molar-refractivity contribution >= 4 is 17.5 Å². The summed E-state index contributed by atoms with van der Waals surface area (Å²) in [4.78, 5) is 14.0. The average molecular weight is 282 g/mol. The van der Waals surface area contributed by atoms with E-state index in [9.17, 15) is 9.90 Å². The number of halogens is 1. The molecule has 1 aromatic rings. The van der Waals surface area contributed by atoms with E-state index in [1.807, 2.05) is 29.2 Å². The summed E-state index contributed by atoms with van der Waals surface area (Å²) in [5.74, 6) is 0.446. The third-order valence-electron chi connectivity index (χ3n) is 3.67. The van der Waals surface area contributed by atoms with Gasteiger partial charge in [-0.2, -0.15) is 0 Å². The second-order valence-corrected chi connectivity index (χ2v) is 5.59. The number of aryl methyl sites for hydroxylation is 1. The van der Waals surface area contributed by atoms with Crippen LogP contribution < -0.4 is 0 Å². The Balaban J connectivity index is 1.82. The molecule has 0 aromatic heterocycles. The molecule has 1 aliphatic rings. The number of carbonyl (C=O) groups excluding carboxylic acids is 1. The zero-order chi connectivity index (χ0) is 13.7. The lowest BCUT2D eigenvalue weighted by Crippen LogP contribution is -2.41. The van der Waals surface area contributed by atoms with Crippen LogP contribution in [0.3, 0.4) is 0 Å². The number of rotatable bonds is 4. The lowest BCUT2D eigenvalue weighted by atomic mass is 9.98. The second-order valence-electron chi connectivity index (χ2n) is 5.16. The van der Waals surface area contributed by atoms with Gasteiger partial charge < -0.3 is 10.0 Å². The molecule has 1 saturated heterocycles. The number of piperidine rings is 1. The minimum atomic E-state index is 0.182. The molecule has 0 radical (unpaired) electrons. The number of benzene rings is 1. The van der Waals surface area contributed by atoms with Gasteiger partial charge >= 0.3 is 0 Å².